The van der Waals surface area contributed by atoms with Gasteiger partial charge in [0.2, 0.25) is 0 Å². The number of carbonyl (C=O) groups excluding carboxylic acids is 1. The van der Waals surface area contributed by atoms with Crippen molar-refractivity contribution in [2.24, 2.45) is 4.99 Å². The van der Waals surface area contributed by atoms with Gasteiger partial charge in [-0.2, -0.15) is 0 Å². The number of likely N-dealkylation sites (N-methyl/N-ethyl adjacent to an activating group) is 1. The van der Waals surface area contributed by atoms with E-state index in [1.54, 1.807) is 21.1 Å². The molecule has 0 heterocycles. The standard InChI is InChI=1S/C23H29ClN4O2/c1-25-22(27-16-23(10-11-23)18-7-5-8-19(24)13-18)26-14-17-6-4-9-20(12-17)30-15-21(29)28(2)3/h4-9,12-13H,10-11,14-16H2,1-3H3,(H2,25,26,27). The molecule has 1 aliphatic carbocycles. The summed E-state index contributed by atoms with van der Waals surface area (Å²) in [5.74, 6) is 1.35. The Morgan fingerprint density at radius 3 is 2.60 bits per heavy atom. The van der Waals surface area contributed by atoms with Crippen LogP contribution in [0, 0.1) is 0 Å². The van der Waals surface area contributed by atoms with Gasteiger partial charge >= 0.3 is 0 Å². The van der Waals surface area contributed by atoms with Gasteiger partial charge in [-0.1, -0.05) is 35.9 Å². The van der Waals surface area contributed by atoms with Crippen LogP contribution in [0.2, 0.25) is 5.02 Å². The van der Waals surface area contributed by atoms with E-state index in [0.717, 1.165) is 35.9 Å². The fourth-order valence-corrected chi connectivity index (χ4v) is 3.41. The highest BCUT2D eigenvalue weighted by Crippen LogP contribution is 2.48. The number of benzene rings is 2. The van der Waals surface area contributed by atoms with Crippen molar-refractivity contribution < 1.29 is 9.53 Å². The second-order valence-electron chi connectivity index (χ2n) is 7.79. The maximum absolute atomic E-state index is 11.7. The number of halogens is 1. The van der Waals surface area contributed by atoms with E-state index in [9.17, 15) is 4.79 Å². The zero-order valence-electron chi connectivity index (χ0n) is 17.7. The van der Waals surface area contributed by atoms with Gasteiger partial charge in [0.1, 0.15) is 5.75 Å². The maximum atomic E-state index is 11.7. The van der Waals surface area contributed by atoms with Crippen LogP contribution in [0.4, 0.5) is 0 Å². The van der Waals surface area contributed by atoms with Crippen LogP contribution in [-0.4, -0.2) is 51.1 Å². The number of aliphatic imine (C=N–C) groups is 1. The second-order valence-corrected chi connectivity index (χ2v) is 8.23. The molecule has 0 saturated heterocycles. The lowest BCUT2D eigenvalue weighted by molar-refractivity contribution is -0.130. The Morgan fingerprint density at radius 1 is 1.17 bits per heavy atom. The van der Waals surface area contributed by atoms with Crippen molar-refractivity contribution in [3.8, 4) is 5.75 Å². The Kier molecular flexibility index (Phi) is 7.21. The molecule has 1 saturated carbocycles. The molecule has 1 fully saturated rings. The zero-order valence-corrected chi connectivity index (χ0v) is 18.5. The number of rotatable bonds is 8. The molecule has 3 rings (SSSR count). The minimum Gasteiger partial charge on any atom is -0.484 e. The summed E-state index contributed by atoms with van der Waals surface area (Å²) in [4.78, 5) is 17.5. The fourth-order valence-electron chi connectivity index (χ4n) is 3.22. The average Bonchev–Trinajstić information content (AvgIpc) is 3.53. The number of ether oxygens (including phenoxy) is 1. The van der Waals surface area contributed by atoms with E-state index in [-0.39, 0.29) is 17.9 Å². The molecule has 0 atom stereocenters. The van der Waals surface area contributed by atoms with Crippen molar-refractivity contribution in [2.45, 2.75) is 24.8 Å². The van der Waals surface area contributed by atoms with E-state index in [1.165, 1.54) is 10.5 Å². The van der Waals surface area contributed by atoms with Crippen molar-refractivity contribution in [3.05, 3.63) is 64.7 Å². The number of amides is 1. The van der Waals surface area contributed by atoms with Gasteiger partial charge in [-0.3, -0.25) is 9.79 Å². The Labute approximate surface area is 183 Å². The number of nitrogens with zero attached hydrogens (tertiary/aromatic N) is 2. The van der Waals surface area contributed by atoms with Crippen molar-refractivity contribution in [1.29, 1.82) is 0 Å². The van der Waals surface area contributed by atoms with Crippen LogP contribution in [0.5, 0.6) is 5.75 Å². The summed E-state index contributed by atoms with van der Waals surface area (Å²) in [6.07, 6.45) is 2.28. The first kappa shape index (κ1) is 22.0. The summed E-state index contributed by atoms with van der Waals surface area (Å²) in [5, 5.41) is 7.56. The van der Waals surface area contributed by atoms with Crippen molar-refractivity contribution in [1.82, 2.24) is 15.5 Å². The topological polar surface area (TPSA) is 66.0 Å². The molecule has 2 N–H and O–H groups in total. The molecular formula is C23H29ClN4O2. The first-order valence-electron chi connectivity index (χ1n) is 10.0. The molecule has 2 aromatic rings. The molecule has 160 valence electrons. The van der Waals surface area contributed by atoms with E-state index in [1.807, 2.05) is 36.4 Å². The Morgan fingerprint density at radius 2 is 1.93 bits per heavy atom. The molecule has 0 radical (unpaired) electrons. The van der Waals surface area contributed by atoms with Crippen LogP contribution in [0.15, 0.2) is 53.5 Å². The van der Waals surface area contributed by atoms with Crippen LogP contribution < -0.4 is 15.4 Å². The highest BCUT2D eigenvalue weighted by Gasteiger charge is 2.44. The summed E-state index contributed by atoms with van der Waals surface area (Å²) in [6, 6.07) is 15.8. The first-order valence-corrected chi connectivity index (χ1v) is 10.4. The van der Waals surface area contributed by atoms with Gasteiger partial charge in [-0.15, -0.1) is 0 Å². The zero-order chi connectivity index (χ0) is 21.6. The highest BCUT2D eigenvalue weighted by molar-refractivity contribution is 6.30. The number of guanidine groups is 1. The molecular weight excluding hydrogens is 400 g/mol. The predicted molar refractivity (Wildman–Crippen MR) is 121 cm³/mol. The number of hydrogen-bond acceptors (Lipinski definition) is 3. The molecule has 6 nitrogen and oxygen atoms in total. The van der Waals surface area contributed by atoms with Crippen LogP contribution in [0.25, 0.3) is 0 Å². The summed E-state index contributed by atoms with van der Waals surface area (Å²) in [7, 11) is 5.19. The van der Waals surface area contributed by atoms with Gasteiger partial charge in [0.25, 0.3) is 5.91 Å². The van der Waals surface area contributed by atoms with Crippen LogP contribution in [0.3, 0.4) is 0 Å². The molecule has 0 unspecified atom stereocenters. The van der Waals surface area contributed by atoms with Crippen LogP contribution >= 0.6 is 11.6 Å². The molecule has 0 spiro atoms. The minimum absolute atomic E-state index is 0.0265. The Bertz CT molecular complexity index is 910. The van der Waals surface area contributed by atoms with E-state index in [2.05, 4.69) is 27.8 Å². The largest absolute Gasteiger partial charge is 0.484 e. The van der Waals surface area contributed by atoms with Crippen molar-refractivity contribution in [3.63, 3.8) is 0 Å². The van der Waals surface area contributed by atoms with E-state index in [0.29, 0.717) is 12.3 Å². The quantitative estimate of drug-likeness (QED) is 0.500. The summed E-state index contributed by atoms with van der Waals surface area (Å²) < 4.78 is 5.59. The van der Waals surface area contributed by atoms with Crippen LogP contribution in [0.1, 0.15) is 24.0 Å². The second kappa shape index (κ2) is 9.85. The summed E-state index contributed by atoms with van der Waals surface area (Å²) in [6.45, 7) is 1.43. The molecule has 7 heteroatoms. The molecule has 1 aliphatic rings. The molecule has 0 bridgehead atoms. The molecule has 1 amide bonds. The molecule has 2 aromatic carbocycles. The Balaban J connectivity index is 1.51. The lowest BCUT2D eigenvalue weighted by Gasteiger charge is -2.19. The Hall–Kier alpha value is -2.73. The number of nitrogens with one attached hydrogen (secondary N) is 2. The average molecular weight is 429 g/mol. The monoisotopic (exact) mass is 428 g/mol. The van der Waals surface area contributed by atoms with Gasteiger partial charge < -0.3 is 20.3 Å². The molecule has 0 aromatic heterocycles. The van der Waals surface area contributed by atoms with Gasteiger partial charge in [0.15, 0.2) is 12.6 Å². The molecule has 30 heavy (non-hydrogen) atoms. The third kappa shape index (κ3) is 5.89. The normalized spacial score (nSPS) is 14.7. The summed E-state index contributed by atoms with van der Waals surface area (Å²) in [5.41, 5.74) is 2.45. The third-order valence-electron chi connectivity index (χ3n) is 5.33. The van der Waals surface area contributed by atoms with Gasteiger partial charge in [-0.05, 0) is 48.2 Å². The SMILES string of the molecule is CN=C(NCc1cccc(OCC(=O)N(C)C)c1)NCC1(c2cccc(Cl)c2)CC1. The van der Waals surface area contributed by atoms with Crippen LogP contribution in [-0.2, 0) is 16.8 Å². The number of hydrogen-bond donors (Lipinski definition) is 2. The third-order valence-corrected chi connectivity index (χ3v) is 5.56. The maximum Gasteiger partial charge on any atom is 0.259 e. The minimum atomic E-state index is -0.0724. The van der Waals surface area contributed by atoms with Gasteiger partial charge in [-0.25, -0.2) is 0 Å². The molecule has 0 aliphatic heterocycles. The van der Waals surface area contributed by atoms with E-state index in [4.69, 9.17) is 16.3 Å². The number of carbonyl (C=O) groups is 1. The highest BCUT2D eigenvalue weighted by atomic mass is 35.5. The predicted octanol–water partition coefficient (Wildman–Crippen LogP) is 3.20. The first-order chi connectivity index (χ1) is 14.4. The van der Waals surface area contributed by atoms with E-state index >= 15 is 0 Å². The van der Waals surface area contributed by atoms with E-state index < -0.39 is 0 Å². The van der Waals surface area contributed by atoms with Gasteiger partial charge in [0.05, 0.1) is 0 Å². The summed E-state index contributed by atoms with van der Waals surface area (Å²) >= 11 is 6.17. The lowest BCUT2D eigenvalue weighted by atomic mass is 9.96. The van der Waals surface area contributed by atoms with Crippen molar-refractivity contribution >= 4 is 23.5 Å². The fraction of sp³-hybridized carbons (Fsp3) is 0.391. The van der Waals surface area contributed by atoms with Crippen molar-refractivity contribution in [2.75, 3.05) is 34.3 Å². The van der Waals surface area contributed by atoms with Gasteiger partial charge in [0, 0.05) is 44.7 Å². The lowest BCUT2D eigenvalue weighted by Crippen LogP contribution is -2.40. The smallest absolute Gasteiger partial charge is 0.259 e.